The van der Waals surface area contributed by atoms with Crippen LogP contribution in [0.3, 0.4) is 0 Å². The van der Waals surface area contributed by atoms with Crippen molar-refractivity contribution < 1.29 is 14.3 Å². The molecule has 0 atom stereocenters. The maximum Gasteiger partial charge on any atom is 0.317 e. The van der Waals surface area contributed by atoms with E-state index in [1.54, 1.807) is 16.2 Å². The van der Waals surface area contributed by atoms with Gasteiger partial charge < -0.3 is 15.0 Å². The molecular formula is C16H25N3O3S. The van der Waals surface area contributed by atoms with Crippen LogP contribution in [-0.4, -0.2) is 60.6 Å². The molecule has 1 fully saturated rings. The molecule has 2 rings (SSSR count). The summed E-state index contributed by atoms with van der Waals surface area (Å²) in [4.78, 5) is 29.0. The molecule has 0 saturated carbocycles. The van der Waals surface area contributed by atoms with Crippen LogP contribution in [0, 0.1) is 0 Å². The number of hydrogen-bond acceptors (Lipinski definition) is 5. The van der Waals surface area contributed by atoms with Crippen molar-refractivity contribution in [1.29, 1.82) is 0 Å². The number of carbonyl (C=O) groups excluding carboxylic acids is 2. The van der Waals surface area contributed by atoms with Gasteiger partial charge in [0, 0.05) is 44.1 Å². The van der Waals surface area contributed by atoms with Crippen LogP contribution in [0.2, 0.25) is 0 Å². The molecule has 1 aromatic rings. The molecular weight excluding hydrogens is 314 g/mol. The number of ether oxygens (including phenoxy) is 1. The van der Waals surface area contributed by atoms with Gasteiger partial charge in [0.1, 0.15) is 0 Å². The van der Waals surface area contributed by atoms with E-state index in [9.17, 15) is 9.59 Å². The molecule has 1 aromatic heterocycles. The van der Waals surface area contributed by atoms with Crippen molar-refractivity contribution in [3.05, 3.63) is 22.4 Å². The molecule has 1 aliphatic heterocycles. The average Bonchev–Trinajstić information content (AvgIpc) is 3.00. The van der Waals surface area contributed by atoms with Crippen molar-refractivity contribution in [2.75, 3.05) is 32.7 Å². The number of hydrogen-bond donors (Lipinski definition) is 1. The molecule has 0 unspecified atom stereocenters. The van der Waals surface area contributed by atoms with Crippen LogP contribution in [0.25, 0.3) is 0 Å². The lowest BCUT2D eigenvalue weighted by molar-refractivity contribution is -0.147. The summed E-state index contributed by atoms with van der Waals surface area (Å²) < 4.78 is 5.03. The number of esters is 1. The zero-order valence-corrected chi connectivity index (χ0v) is 14.6. The molecule has 0 spiro atoms. The fourth-order valence-electron chi connectivity index (χ4n) is 2.44. The third kappa shape index (κ3) is 6.19. The van der Waals surface area contributed by atoms with Crippen molar-refractivity contribution in [3.8, 4) is 0 Å². The SMILES string of the molecule is CC(C)OC(=O)CCNC(=O)N1CCN(Cc2cccs2)CC1. The Balaban J connectivity index is 1.62. The molecule has 6 nitrogen and oxygen atoms in total. The minimum Gasteiger partial charge on any atom is -0.463 e. The van der Waals surface area contributed by atoms with E-state index in [0.717, 1.165) is 19.6 Å². The first-order chi connectivity index (χ1) is 11.0. The van der Waals surface area contributed by atoms with Gasteiger partial charge >= 0.3 is 12.0 Å². The Hall–Kier alpha value is -1.60. The molecule has 128 valence electrons. The maximum absolute atomic E-state index is 12.1. The molecule has 0 radical (unpaired) electrons. The van der Waals surface area contributed by atoms with Gasteiger partial charge in [-0.3, -0.25) is 9.69 Å². The van der Waals surface area contributed by atoms with E-state index < -0.39 is 0 Å². The lowest BCUT2D eigenvalue weighted by Gasteiger charge is -2.34. The monoisotopic (exact) mass is 339 g/mol. The molecule has 0 bridgehead atoms. The smallest absolute Gasteiger partial charge is 0.317 e. The summed E-state index contributed by atoms with van der Waals surface area (Å²) >= 11 is 1.76. The number of urea groups is 1. The molecule has 0 aliphatic carbocycles. The first-order valence-electron chi connectivity index (χ1n) is 8.01. The van der Waals surface area contributed by atoms with Crippen molar-refractivity contribution in [2.24, 2.45) is 0 Å². The number of carbonyl (C=O) groups is 2. The number of thiophene rings is 1. The van der Waals surface area contributed by atoms with Gasteiger partial charge in [0.25, 0.3) is 0 Å². The lowest BCUT2D eigenvalue weighted by Crippen LogP contribution is -2.51. The lowest BCUT2D eigenvalue weighted by atomic mass is 10.3. The van der Waals surface area contributed by atoms with Crippen LogP contribution >= 0.6 is 11.3 Å². The second-order valence-electron chi connectivity index (χ2n) is 5.86. The fraction of sp³-hybridized carbons (Fsp3) is 0.625. The number of nitrogens with zero attached hydrogens (tertiary/aromatic N) is 2. The summed E-state index contributed by atoms with van der Waals surface area (Å²) in [6, 6.07) is 4.10. The van der Waals surface area contributed by atoms with Gasteiger partial charge in [0.15, 0.2) is 0 Å². The Morgan fingerprint density at radius 1 is 1.30 bits per heavy atom. The number of rotatable bonds is 6. The normalized spacial score (nSPS) is 15.7. The first-order valence-corrected chi connectivity index (χ1v) is 8.89. The van der Waals surface area contributed by atoms with E-state index in [2.05, 4.69) is 27.7 Å². The molecule has 2 heterocycles. The highest BCUT2D eigenvalue weighted by Gasteiger charge is 2.21. The van der Waals surface area contributed by atoms with E-state index in [-0.39, 0.29) is 24.5 Å². The number of amides is 2. The second-order valence-corrected chi connectivity index (χ2v) is 6.90. The highest BCUT2D eigenvalue weighted by Crippen LogP contribution is 2.13. The van der Waals surface area contributed by atoms with E-state index in [1.807, 2.05) is 13.8 Å². The van der Waals surface area contributed by atoms with Gasteiger partial charge in [-0.05, 0) is 25.3 Å². The van der Waals surface area contributed by atoms with Crippen molar-refractivity contribution in [3.63, 3.8) is 0 Å². The van der Waals surface area contributed by atoms with Crippen molar-refractivity contribution in [1.82, 2.24) is 15.1 Å². The summed E-state index contributed by atoms with van der Waals surface area (Å²) in [7, 11) is 0. The third-order valence-electron chi connectivity index (χ3n) is 3.59. The molecule has 23 heavy (non-hydrogen) atoms. The average molecular weight is 339 g/mol. The number of piperazine rings is 1. The van der Waals surface area contributed by atoms with Gasteiger partial charge in [-0.25, -0.2) is 4.79 Å². The quantitative estimate of drug-likeness (QED) is 0.805. The van der Waals surface area contributed by atoms with Gasteiger partial charge in [-0.1, -0.05) is 6.07 Å². The topological polar surface area (TPSA) is 61.9 Å². The van der Waals surface area contributed by atoms with E-state index in [1.165, 1.54) is 4.88 Å². The first kappa shape index (κ1) is 17.7. The van der Waals surface area contributed by atoms with Crippen molar-refractivity contribution in [2.45, 2.75) is 32.9 Å². The Bertz CT molecular complexity index is 497. The maximum atomic E-state index is 12.1. The Kier molecular flexibility index (Phi) is 6.85. The fourth-order valence-corrected chi connectivity index (χ4v) is 3.18. The minimum atomic E-state index is -0.277. The van der Waals surface area contributed by atoms with Crippen LogP contribution in [0.1, 0.15) is 25.1 Å². The van der Waals surface area contributed by atoms with Crippen LogP contribution in [0.5, 0.6) is 0 Å². The van der Waals surface area contributed by atoms with E-state index in [0.29, 0.717) is 19.6 Å². The highest BCUT2D eigenvalue weighted by molar-refractivity contribution is 7.09. The molecule has 1 saturated heterocycles. The molecule has 2 amide bonds. The third-order valence-corrected chi connectivity index (χ3v) is 4.45. The number of nitrogens with one attached hydrogen (secondary N) is 1. The van der Waals surface area contributed by atoms with Gasteiger partial charge in [-0.2, -0.15) is 0 Å². The zero-order valence-electron chi connectivity index (χ0n) is 13.8. The van der Waals surface area contributed by atoms with Crippen LogP contribution in [-0.2, 0) is 16.1 Å². The molecule has 1 N–H and O–H groups in total. The zero-order chi connectivity index (χ0) is 16.7. The highest BCUT2D eigenvalue weighted by atomic mass is 32.1. The Morgan fingerprint density at radius 3 is 2.65 bits per heavy atom. The van der Waals surface area contributed by atoms with E-state index >= 15 is 0 Å². The predicted molar refractivity (Wildman–Crippen MR) is 90.4 cm³/mol. The van der Waals surface area contributed by atoms with Crippen molar-refractivity contribution >= 4 is 23.3 Å². The summed E-state index contributed by atoms with van der Waals surface area (Å²) in [6.07, 6.45) is 0.0945. The summed E-state index contributed by atoms with van der Waals surface area (Å²) in [6.45, 7) is 8.08. The predicted octanol–water partition coefficient (Wildman–Crippen LogP) is 1.92. The largest absolute Gasteiger partial charge is 0.463 e. The van der Waals surface area contributed by atoms with E-state index in [4.69, 9.17) is 4.74 Å². The van der Waals surface area contributed by atoms with Crippen LogP contribution < -0.4 is 5.32 Å². The molecule has 1 aliphatic rings. The standard InChI is InChI=1S/C16H25N3O3S/c1-13(2)22-15(20)5-6-17-16(21)19-9-7-18(8-10-19)12-14-4-3-11-23-14/h3-4,11,13H,5-10,12H2,1-2H3,(H,17,21). The Morgan fingerprint density at radius 2 is 2.04 bits per heavy atom. The molecule has 7 heteroatoms. The van der Waals surface area contributed by atoms with Crippen LogP contribution in [0.4, 0.5) is 4.79 Å². The van der Waals surface area contributed by atoms with Gasteiger partial charge in [0.05, 0.1) is 12.5 Å². The summed E-state index contributed by atoms with van der Waals surface area (Å²) in [5.41, 5.74) is 0. The summed E-state index contributed by atoms with van der Waals surface area (Å²) in [5.74, 6) is -0.277. The second kappa shape index (κ2) is 8.88. The molecule has 0 aromatic carbocycles. The van der Waals surface area contributed by atoms with Crippen LogP contribution in [0.15, 0.2) is 17.5 Å². The van der Waals surface area contributed by atoms with Gasteiger partial charge in [-0.15, -0.1) is 11.3 Å². The summed E-state index contributed by atoms with van der Waals surface area (Å²) in [5, 5.41) is 4.87. The minimum absolute atomic E-state index is 0.0990. The van der Waals surface area contributed by atoms with Gasteiger partial charge in [0.2, 0.25) is 0 Å². The Labute approximate surface area is 141 Å².